The predicted octanol–water partition coefficient (Wildman–Crippen LogP) is 7.31. The van der Waals surface area contributed by atoms with E-state index in [1.165, 1.54) is 32.3 Å². The molecule has 0 amide bonds. The summed E-state index contributed by atoms with van der Waals surface area (Å²) >= 11 is 0. The summed E-state index contributed by atoms with van der Waals surface area (Å²) in [7, 11) is 0. The second-order valence-corrected chi connectivity index (χ2v) is 8.13. The topological polar surface area (TPSA) is 38.9 Å². The molecule has 0 N–H and O–H groups in total. The summed E-state index contributed by atoms with van der Waals surface area (Å²) in [5.41, 5.74) is 4.69. The van der Waals surface area contributed by atoms with Crippen molar-refractivity contribution < 1.29 is 4.42 Å². The van der Waals surface area contributed by atoms with E-state index in [0.717, 1.165) is 46.5 Å². The Morgan fingerprint density at radius 1 is 0.710 bits per heavy atom. The summed E-state index contributed by atoms with van der Waals surface area (Å²) in [5, 5.41) is 7.57. The molecule has 0 aliphatic heterocycles. The molecule has 146 valence electrons. The van der Waals surface area contributed by atoms with Crippen LogP contribution in [0.2, 0.25) is 0 Å². The fraction of sp³-hybridized carbons (Fsp3) is 0.0714. The molecular formula is C28H18N2O. The highest BCUT2D eigenvalue weighted by Gasteiger charge is 2.20. The van der Waals surface area contributed by atoms with Gasteiger partial charge >= 0.3 is 0 Å². The van der Waals surface area contributed by atoms with E-state index in [4.69, 9.17) is 4.42 Å². The molecule has 3 heteroatoms. The first-order valence-corrected chi connectivity index (χ1v) is 10.6. The minimum atomic E-state index is 0.781. The Hall–Kier alpha value is -3.98. The minimum Gasteiger partial charge on any atom is -0.456 e. The molecule has 0 saturated heterocycles. The SMILES string of the molecule is C1=Cc2c(oc3c(-c4ccc5c6ccccc6c6ccccc6c5c4)ncnc23)CC1. The predicted molar refractivity (Wildman–Crippen MR) is 127 cm³/mol. The molecule has 4 aromatic carbocycles. The van der Waals surface area contributed by atoms with Crippen molar-refractivity contribution >= 4 is 49.5 Å². The van der Waals surface area contributed by atoms with Gasteiger partial charge in [-0.3, -0.25) is 0 Å². The summed E-state index contributed by atoms with van der Waals surface area (Å²) in [5.74, 6) is 1.01. The molecule has 2 aromatic heterocycles. The van der Waals surface area contributed by atoms with Crippen LogP contribution in [0.5, 0.6) is 0 Å². The lowest BCUT2D eigenvalue weighted by Gasteiger charge is -2.11. The molecular weight excluding hydrogens is 380 g/mol. The molecule has 6 aromatic rings. The molecule has 2 heterocycles. The highest BCUT2D eigenvalue weighted by molar-refractivity contribution is 6.25. The van der Waals surface area contributed by atoms with Crippen molar-refractivity contribution in [2.24, 2.45) is 0 Å². The van der Waals surface area contributed by atoms with Crippen LogP contribution in [0.3, 0.4) is 0 Å². The average molecular weight is 398 g/mol. The highest BCUT2D eigenvalue weighted by Crippen LogP contribution is 2.39. The van der Waals surface area contributed by atoms with Gasteiger partial charge in [-0.2, -0.15) is 0 Å². The van der Waals surface area contributed by atoms with E-state index >= 15 is 0 Å². The van der Waals surface area contributed by atoms with Crippen LogP contribution in [-0.4, -0.2) is 9.97 Å². The Morgan fingerprint density at radius 3 is 2.13 bits per heavy atom. The average Bonchev–Trinajstić information content (AvgIpc) is 3.23. The standard InChI is InChI=1S/C28H18N2O/c1-2-9-20-18(7-1)19-8-3-4-10-21(19)24-15-17(13-14-22(20)24)26-28-27(30-16-29-26)23-11-5-6-12-25(23)31-28/h1-5,7-11,13-16H,6,12H2. The normalized spacial score (nSPS) is 13.4. The van der Waals surface area contributed by atoms with Crippen LogP contribution in [0.4, 0.5) is 0 Å². The third kappa shape index (κ3) is 2.34. The number of fused-ring (bicyclic) bond motifs is 9. The van der Waals surface area contributed by atoms with E-state index < -0.39 is 0 Å². The zero-order chi connectivity index (χ0) is 20.4. The Kier molecular flexibility index (Phi) is 3.39. The molecule has 7 rings (SSSR count). The first-order valence-electron chi connectivity index (χ1n) is 10.6. The second-order valence-electron chi connectivity index (χ2n) is 8.13. The van der Waals surface area contributed by atoms with Gasteiger partial charge in [-0.05, 0) is 44.8 Å². The van der Waals surface area contributed by atoms with E-state index in [2.05, 4.69) is 88.9 Å². The fourth-order valence-corrected chi connectivity index (χ4v) is 5.01. The van der Waals surface area contributed by atoms with E-state index in [1.54, 1.807) is 6.33 Å². The monoisotopic (exact) mass is 398 g/mol. The van der Waals surface area contributed by atoms with Crippen molar-refractivity contribution in [2.45, 2.75) is 12.8 Å². The van der Waals surface area contributed by atoms with Crippen LogP contribution in [-0.2, 0) is 6.42 Å². The van der Waals surface area contributed by atoms with Gasteiger partial charge in [0.15, 0.2) is 5.58 Å². The number of benzene rings is 4. The van der Waals surface area contributed by atoms with Crippen LogP contribution >= 0.6 is 0 Å². The van der Waals surface area contributed by atoms with Gasteiger partial charge in [-0.1, -0.05) is 72.8 Å². The molecule has 0 atom stereocenters. The molecule has 31 heavy (non-hydrogen) atoms. The van der Waals surface area contributed by atoms with Gasteiger partial charge in [0.2, 0.25) is 0 Å². The summed E-state index contributed by atoms with van der Waals surface area (Å²) in [6.45, 7) is 0. The van der Waals surface area contributed by atoms with Crippen molar-refractivity contribution in [3.63, 3.8) is 0 Å². The lowest BCUT2D eigenvalue weighted by Crippen LogP contribution is -1.90. The lowest BCUT2D eigenvalue weighted by molar-refractivity contribution is 0.546. The van der Waals surface area contributed by atoms with Gasteiger partial charge in [0.1, 0.15) is 23.3 Å². The number of furan rings is 1. The van der Waals surface area contributed by atoms with E-state index in [0.29, 0.717) is 0 Å². The largest absolute Gasteiger partial charge is 0.456 e. The number of allylic oxidation sites excluding steroid dienone is 1. The summed E-state index contributed by atoms with van der Waals surface area (Å²) in [6.07, 6.45) is 7.88. The number of aryl methyl sites for hydroxylation is 1. The van der Waals surface area contributed by atoms with E-state index in [9.17, 15) is 0 Å². The Labute approximate surface area is 178 Å². The third-order valence-electron chi connectivity index (χ3n) is 6.42. The summed E-state index contributed by atoms with van der Waals surface area (Å²) < 4.78 is 6.27. The summed E-state index contributed by atoms with van der Waals surface area (Å²) in [4.78, 5) is 9.18. The van der Waals surface area contributed by atoms with Gasteiger partial charge in [0.05, 0.1) is 0 Å². The maximum absolute atomic E-state index is 6.27. The maximum atomic E-state index is 6.27. The molecule has 0 radical (unpaired) electrons. The molecule has 0 unspecified atom stereocenters. The van der Waals surface area contributed by atoms with Crippen molar-refractivity contribution in [1.82, 2.24) is 9.97 Å². The maximum Gasteiger partial charge on any atom is 0.179 e. The zero-order valence-corrected chi connectivity index (χ0v) is 16.8. The smallest absolute Gasteiger partial charge is 0.179 e. The lowest BCUT2D eigenvalue weighted by atomic mass is 9.93. The molecule has 1 aliphatic rings. The van der Waals surface area contributed by atoms with Crippen LogP contribution < -0.4 is 0 Å². The molecule has 3 nitrogen and oxygen atoms in total. The fourth-order valence-electron chi connectivity index (χ4n) is 5.01. The van der Waals surface area contributed by atoms with Crippen molar-refractivity contribution in [1.29, 1.82) is 0 Å². The van der Waals surface area contributed by atoms with Crippen LogP contribution in [0, 0.1) is 0 Å². The van der Waals surface area contributed by atoms with Crippen molar-refractivity contribution in [3.8, 4) is 11.3 Å². The van der Waals surface area contributed by atoms with Gasteiger partial charge < -0.3 is 4.42 Å². The van der Waals surface area contributed by atoms with Gasteiger partial charge in [0.25, 0.3) is 0 Å². The number of rotatable bonds is 1. The molecule has 0 saturated carbocycles. The first-order chi connectivity index (χ1) is 15.4. The zero-order valence-electron chi connectivity index (χ0n) is 16.8. The first kappa shape index (κ1) is 16.8. The van der Waals surface area contributed by atoms with Crippen molar-refractivity contribution in [3.05, 3.63) is 90.5 Å². The van der Waals surface area contributed by atoms with Gasteiger partial charge in [-0.25, -0.2) is 9.97 Å². The number of nitrogens with zero attached hydrogens (tertiary/aromatic N) is 2. The quantitative estimate of drug-likeness (QED) is 0.273. The minimum absolute atomic E-state index is 0.781. The van der Waals surface area contributed by atoms with Crippen LogP contribution in [0.25, 0.3) is 60.8 Å². The third-order valence-corrected chi connectivity index (χ3v) is 6.42. The second kappa shape index (κ2) is 6.26. The van der Waals surface area contributed by atoms with Gasteiger partial charge in [0, 0.05) is 17.5 Å². The molecule has 0 spiro atoms. The Balaban J connectivity index is 1.57. The Bertz CT molecular complexity index is 1660. The Morgan fingerprint density at radius 2 is 1.39 bits per heavy atom. The summed E-state index contributed by atoms with van der Waals surface area (Å²) in [6, 6.07) is 23.9. The number of hydrogen-bond donors (Lipinski definition) is 0. The van der Waals surface area contributed by atoms with E-state index in [-0.39, 0.29) is 0 Å². The van der Waals surface area contributed by atoms with Gasteiger partial charge in [-0.15, -0.1) is 0 Å². The van der Waals surface area contributed by atoms with Crippen LogP contribution in [0.15, 0.2) is 83.6 Å². The van der Waals surface area contributed by atoms with Crippen LogP contribution in [0.1, 0.15) is 17.7 Å². The number of aromatic nitrogens is 2. The molecule has 1 aliphatic carbocycles. The highest BCUT2D eigenvalue weighted by atomic mass is 16.3. The molecule has 0 bridgehead atoms. The molecule has 0 fully saturated rings. The van der Waals surface area contributed by atoms with E-state index in [1.807, 2.05) is 0 Å². The van der Waals surface area contributed by atoms with Crippen molar-refractivity contribution in [2.75, 3.05) is 0 Å². The number of hydrogen-bond acceptors (Lipinski definition) is 3.